The standard InChI is InChI=1S/C12H9FN2O3/c1-7-2-5-11(15-14-7)18-8-3-4-9(12(16)17)10(13)6-8/h2-6H,1H3,(H,16,17). The Labute approximate surface area is 102 Å². The van der Waals surface area contributed by atoms with E-state index in [4.69, 9.17) is 9.84 Å². The van der Waals surface area contributed by atoms with Gasteiger partial charge in [-0.05, 0) is 25.1 Å². The Morgan fingerprint density at radius 2 is 2.06 bits per heavy atom. The molecule has 0 saturated carbocycles. The lowest BCUT2D eigenvalue weighted by Crippen LogP contribution is -2.00. The van der Waals surface area contributed by atoms with Crippen molar-refractivity contribution >= 4 is 5.97 Å². The van der Waals surface area contributed by atoms with Gasteiger partial charge in [-0.15, -0.1) is 5.10 Å². The molecule has 92 valence electrons. The molecule has 5 nitrogen and oxygen atoms in total. The smallest absolute Gasteiger partial charge is 0.338 e. The van der Waals surface area contributed by atoms with Gasteiger partial charge in [0.25, 0.3) is 0 Å². The number of aromatic carboxylic acids is 1. The molecular weight excluding hydrogens is 239 g/mol. The molecule has 6 heteroatoms. The summed E-state index contributed by atoms with van der Waals surface area (Å²) in [6, 6.07) is 6.77. The molecule has 0 aliphatic heterocycles. The molecule has 0 unspecified atom stereocenters. The monoisotopic (exact) mass is 248 g/mol. The molecule has 0 fully saturated rings. The second-order valence-corrected chi connectivity index (χ2v) is 3.56. The van der Waals surface area contributed by atoms with E-state index in [-0.39, 0.29) is 11.6 Å². The Kier molecular flexibility index (Phi) is 3.18. The van der Waals surface area contributed by atoms with Crippen LogP contribution in [-0.4, -0.2) is 21.3 Å². The van der Waals surface area contributed by atoms with Crippen LogP contribution in [0.1, 0.15) is 16.1 Å². The SMILES string of the molecule is Cc1ccc(Oc2ccc(C(=O)O)c(F)c2)nn1. The summed E-state index contributed by atoms with van der Waals surface area (Å²) in [4.78, 5) is 10.6. The van der Waals surface area contributed by atoms with Crippen molar-refractivity contribution in [3.05, 3.63) is 47.4 Å². The number of carbonyl (C=O) groups is 1. The summed E-state index contributed by atoms with van der Waals surface area (Å²) in [6.45, 7) is 1.78. The first-order valence-electron chi connectivity index (χ1n) is 5.07. The number of benzene rings is 1. The largest absolute Gasteiger partial charge is 0.478 e. The number of carboxylic acid groups (broad SMARTS) is 1. The molecule has 0 amide bonds. The summed E-state index contributed by atoms with van der Waals surface area (Å²) in [5.41, 5.74) is 0.326. The molecule has 0 saturated heterocycles. The first-order valence-corrected chi connectivity index (χ1v) is 5.07. The summed E-state index contributed by atoms with van der Waals surface area (Å²) in [6.07, 6.45) is 0. The van der Waals surface area contributed by atoms with Crippen LogP contribution in [0.2, 0.25) is 0 Å². The third-order valence-electron chi connectivity index (χ3n) is 2.17. The summed E-state index contributed by atoms with van der Waals surface area (Å²) in [7, 11) is 0. The zero-order valence-electron chi connectivity index (χ0n) is 9.42. The molecule has 0 aliphatic rings. The molecule has 18 heavy (non-hydrogen) atoms. The van der Waals surface area contributed by atoms with Crippen LogP contribution < -0.4 is 4.74 Å². The van der Waals surface area contributed by atoms with Crippen LogP contribution in [0.3, 0.4) is 0 Å². The molecule has 1 aromatic carbocycles. The average molecular weight is 248 g/mol. The highest BCUT2D eigenvalue weighted by Crippen LogP contribution is 2.21. The Hall–Kier alpha value is -2.50. The highest BCUT2D eigenvalue weighted by atomic mass is 19.1. The lowest BCUT2D eigenvalue weighted by Gasteiger charge is -2.05. The van der Waals surface area contributed by atoms with Gasteiger partial charge in [0.05, 0.1) is 11.3 Å². The van der Waals surface area contributed by atoms with Gasteiger partial charge in [0, 0.05) is 12.1 Å². The molecule has 0 aliphatic carbocycles. The fourth-order valence-corrected chi connectivity index (χ4v) is 1.29. The van der Waals surface area contributed by atoms with E-state index in [0.717, 1.165) is 17.8 Å². The van der Waals surface area contributed by atoms with E-state index < -0.39 is 17.3 Å². The van der Waals surface area contributed by atoms with Gasteiger partial charge in [0.1, 0.15) is 11.6 Å². The van der Waals surface area contributed by atoms with Gasteiger partial charge in [-0.25, -0.2) is 9.18 Å². The maximum atomic E-state index is 13.4. The van der Waals surface area contributed by atoms with Crippen LogP contribution in [0.15, 0.2) is 30.3 Å². The number of rotatable bonds is 3. The van der Waals surface area contributed by atoms with E-state index in [0.29, 0.717) is 0 Å². The topological polar surface area (TPSA) is 72.3 Å². The predicted octanol–water partition coefficient (Wildman–Crippen LogP) is 2.41. The van der Waals surface area contributed by atoms with Crippen molar-refractivity contribution in [1.29, 1.82) is 0 Å². The number of hydrogen-bond donors (Lipinski definition) is 1. The van der Waals surface area contributed by atoms with Crippen LogP contribution in [0.25, 0.3) is 0 Å². The van der Waals surface area contributed by atoms with Gasteiger partial charge in [0.15, 0.2) is 0 Å². The summed E-state index contributed by atoms with van der Waals surface area (Å²) >= 11 is 0. The lowest BCUT2D eigenvalue weighted by molar-refractivity contribution is 0.0692. The number of halogens is 1. The van der Waals surface area contributed by atoms with E-state index in [1.165, 1.54) is 6.07 Å². The third-order valence-corrected chi connectivity index (χ3v) is 2.17. The van der Waals surface area contributed by atoms with E-state index in [1.54, 1.807) is 19.1 Å². The highest BCUT2D eigenvalue weighted by Gasteiger charge is 2.11. The summed E-state index contributed by atoms with van der Waals surface area (Å²) in [5.74, 6) is -1.81. The van der Waals surface area contributed by atoms with Crippen LogP contribution >= 0.6 is 0 Å². The maximum absolute atomic E-state index is 13.4. The Morgan fingerprint density at radius 1 is 1.28 bits per heavy atom. The fraction of sp³-hybridized carbons (Fsp3) is 0.0833. The minimum absolute atomic E-state index is 0.163. The number of ether oxygens (including phenoxy) is 1. The lowest BCUT2D eigenvalue weighted by atomic mass is 10.2. The number of aromatic nitrogens is 2. The number of nitrogens with zero attached hydrogens (tertiary/aromatic N) is 2. The van der Waals surface area contributed by atoms with Crippen molar-refractivity contribution in [2.75, 3.05) is 0 Å². The Morgan fingerprint density at radius 3 is 2.61 bits per heavy atom. The zero-order valence-corrected chi connectivity index (χ0v) is 9.42. The molecule has 0 radical (unpaired) electrons. The van der Waals surface area contributed by atoms with Gasteiger partial charge in [-0.1, -0.05) is 0 Å². The van der Waals surface area contributed by atoms with Crippen LogP contribution in [-0.2, 0) is 0 Å². The van der Waals surface area contributed by atoms with E-state index in [1.807, 2.05) is 0 Å². The van der Waals surface area contributed by atoms with Gasteiger partial charge in [-0.3, -0.25) is 0 Å². The van der Waals surface area contributed by atoms with Crippen molar-refractivity contribution in [2.24, 2.45) is 0 Å². The predicted molar refractivity (Wildman–Crippen MR) is 60.2 cm³/mol. The molecule has 0 bridgehead atoms. The fourth-order valence-electron chi connectivity index (χ4n) is 1.29. The number of hydrogen-bond acceptors (Lipinski definition) is 4. The second-order valence-electron chi connectivity index (χ2n) is 3.56. The van der Waals surface area contributed by atoms with Gasteiger partial charge in [0.2, 0.25) is 5.88 Å². The minimum Gasteiger partial charge on any atom is -0.478 e. The van der Waals surface area contributed by atoms with Crippen molar-refractivity contribution in [2.45, 2.75) is 6.92 Å². The first-order chi connectivity index (χ1) is 8.56. The summed E-state index contributed by atoms with van der Waals surface area (Å²) in [5, 5.41) is 16.2. The van der Waals surface area contributed by atoms with Crippen molar-refractivity contribution in [3.63, 3.8) is 0 Å². The van der Waals surface area contributed by atoms with Gasteiger partial charge in [-0.2, -0.15) is 5.10 Å². The Bertz CT molecular complexity index is 584. The van der Waals surface area contributed by atoms with E-state index in [9.17, 15) is 9.18 Å². The molecule has 1 aromatic heterocycles. The van der Waals surface area contributed by atoms with Gasteiger partial charge >= 0.3 is 5.97 Å². The third kappa shape index (κ3) is 2.60. The molecule has 0 atom stereocenters. The normalized spacial score (nSPS) is 10.1. The maximum Gasteiger partial charge on any atom is 0.338 e. The van der Waals surface area contributed by atoms with E-state index in [2.05, 4.69) is 10.2 Å². The van der Waals surface area contributed by atoms with Crippen molar-refractivity contribution in [3.8, 4) is 11.6 Å². The molecular formula is C12H9FN2O3. The summed E-state index contributed by atoms with van der Waals surface area (Å²) < 4.78 is 18.6. The van der Waals surface area contributed by atoms with Crippen LogP contribution in [0, 0.1) is 12.7 Å². The molecule has 0 spiro atoms. The molecule has 2 aromatic rings. The second kappa shape index (κ2) is 4.79. The zero-order chi connectivity index (χ0) is 13.1. The molecule has 2 rings (SSSR count). The van der Waals surface area contributed by atoms with Gasteiger partial charge < -0.3 is 9.84 Å². The quantitative estimate of drug-likeness (QED) is 0.902. The highest BCUT2D eigenvalue weighted by molar-refractivity contribution is 5.88. The molecule has 1 N–H and O–H groups in total. The number of aryl methyl sites for hydroxylation is 1. The molecule has 1 heterocycles. The van der Waals surface area contributed by atoms with Crippen molar-refractivity contribution < 1.29 is 19.0 Å². The van der Waals surface area contributed by atoms with Crippen LogP contribution in [0.5, 0.6) is 11.6 Å². The average Bonchev–Trinajstić information content (AvgIpc) is 2.32. The van der Waals surface area contributed by atoms with Crippen LogP contribution in [0.4, 0.5) is 4.39 Å². The minimum atomic E-state index is -1.32. The number of carboxylic acids is 1. The van der Waals surface area contributed by atoms with E-state index >= 15 is 0 Å². The first kappa shape index (κ1) is 12.0. The Balaban J connectivity index is 2.22. The van der Waals surface area contributed by atoms with Crippen molar-refractivity contribution in [1.82, 2.24) is 10.2 Å².